The molecule has 0 saturated carbocycles. The van der Waals surface area contributed by atoms with Gasteiger partial charge in [-0.25, -0.2) is 0 Å². The van der Waals surface area contributed by atoms with Gasteiger partial charge in [-0.2, -0.15) is 0 Å². The second-order valence-corrected chi connectivity index (χ2v) is 5.37. The molecule has 0 saturated heterocycles. The Bertz CT molecular complexity index is 797. The fourth-order valence-corrected chi connectivity index (χ4v) is 2.52. The van der Waals surface area contributed by atoms with E-state index in [1.54, 1.807) is 36.4 Å². The fourth-order valence-electron chi connectivity index (χ4n) is 2.52. The maximum Gasteiger partial charge on any atom is 0.267 e. The first-order valence-electron chi connectivity index (χ1n) is 7.23. The van der Waals surface area contributed by atoms with Crippen LogP contribution in [-0.4, -0.2) is 23.5 Å². The van der Waals surface area contributed by atoms with Gasteiger partial charge in [-0.15, -0.1) is 0 Å². The molecule has 2 aromatic carbocycles. The Morgan fingerprint density at radius 3 is 2.57 bits per heavy atom. The summed E-state index contributed by atoms with van der Waals surface area (Å²) in [4.78, 5) is 26.2. The zero-order chi connectivity index (χ0) is 16.4. The predicted octanol–water partition coefficient (Wildman–Crippen LogP) is 2.79. The Morgan fingerprint density at radius 1 is 1.13 bits per heavy atom. The van der Waals surface area contributed by atoms with Gasteiger partial charge < -0.3 is 15.3 Å². The molecule has 1 aliphatic rings. The lowest BCUT2D eigenvalue weighted by atomic mass is 10.2. The molecule has 0 fully saturated rings. The molecule has 2 N–H and O–H groups in total. The number of hydrogen-bond acceptors (Lipinski definition) is 3. The molecule has 5 heteroatoms. The van der Waals surface area contributed by atoms with Gasteiger partial charge in [-0.1, -0.05) is 30.3 Å². The number of nitrogens with zero attached hydrogens (tertiary/aromatic N) is 1. The molecule has 1 heterocycles. The van der Waals surface area contributed by atoms with Crippen molar-refractivity contribution in [3.8, 4) is 0 Å². The molecule has 116 valence electrons. The summed E-state index contributed by atoms with van der Waals surface area (Å²) in [6.45, 7) is 1.91. The molecule has 0 aromatic heterocycles. The normalized spacial score (nSPS) is 14.3. The number of nitrogens with one attached hydrogen (secondary N) is 1. The van der Waals surface area contributed by atoms with Crippen molar-refractivity contribution in [3.63, 3.8) is 0 Å². The summed E-state index contributed by atoms with van der Waals surface area (Å²) in [5.41, 5.74) is 2.00. The number of hydrogen-bond donors (Lipinski definition) is 2. The summed E-state index contributed by atoms with van der Waals surface area (Å²) in [6, 6.07) is 16.2. The van der Waals surface area contributed by atoms with E-state index in [-0.39, 0.29) is 17.9 Å². The van der Waals surface area contributed by atoms with Crippen LogP contribution in [0, 0.1) is 6.92 Å². The molecule has 23 heavy (non-hydrogen) atoms. The first kappa shape index (κ1) is 14.8. The molecule has 2 amide bonds. The number of amides is 2. The van der Waals surface area contributed by atoms with Crippen LogP contribution >= 0.6 is 0 Å². The number of aliphatic hydroxyl groups excluding tert-OH is 1. The molecule has 0 atom stereocenters. The van der Waals surface area contributed by atoms with Gasteiger partial charge in [-0.3, -0.25) is 9.59 Å². The first-order valence-corrected chi connectivity index (χ1v) is 7.23. The van der Waals surface area contributed by atoms with Crippen LogP contribution in [0.15, 0.2) is 65.9 Å². The molecule has 5 nitrogen and oxygen atoms in total. The first-order chi connectivity index (χ1) is 11.1. The largest absolute Gasteiger partial charge is 0.509 e. The number of carbonyl (C=O) groups is 2. The Morgan fingerprint density at radius 2 is 1.87 bits per heavy atom. The molecule has 0 aliphatic carbocycles. The molecular formula is C18H16N2O3. The highest BCUT2D eigenvalue weighted by molar-refractivity contribution is 6.29. The van der Waals surface area contributed by atoms with Crippen LogP contribution in [-0.2, 0) is 9.59 Å². The molecule has 0 spiro atoms. The van der Waals surface area contributed by atoms with E-state index in [2.05, 4.69) is 5.32 Å². The summed E-state index contributed by atoms with van der Waals surface area (Å²) in [6.07, 6.45) is 0. The molecule has 1 aliphatic heterocycles. The average Bonchev–Trinajstić information content (AvgIpc) is 2.83. The number of para-hydroxylation sites is 1. The van der Waals surface area contributed by atoms with Crippen LogP contribution in [0.4, 0.5) is 11.4 Å². The van der Waals surface area contributed by atoms with Crippen molar-refractivity contribution in [3.05, 3.63) is 71.5 Å². The fraction of sp³-hybridized carbons (Fsp3) is 0.111. The number of anilines is 2. The van der Waals surface area contributed by atoms with E-state index in [1.165, 1.54) is 4.90 Å². The third-order valence-corrected chi connectivity index (χ3v) is 3.63. The molecule has 0 unspecified atom stereocenters. The Labute approximate surface area is 133 Å². The maximum atomic E-state index is 12.5. The van der Waals surface area contributed by atoms with Crippen LogP contribution in [0.25, 0.3) is 0 Å². The summed E-state index contributed by atoms with van der Waals surface area (Å²) in [5, 5.41) is 12.7. The number of aliphatic hydroxyl groups is 1. The lowest BCUT2D eigenvalue weighted by molar-refractivity contribution is -0.119. The number of rotatable bonds is 3. The zero-order valence-corrected chi connectivity index (χ0v) is 12.6. The lowest BCUT2D eigenvalue weighted by Crippen LogP contribution is -2.30. The van der Waals surface area contributed by atoms with Crippen molar-refractivity contribution in [2.45, 2.75) is 6.92 Å². The third-order valence-electron chi connectivity index (χ3n) is 3.63. The molecule has 3 rings (SSSR count). The van der Waals surface area contributed by atoms with Crippen molar-refractivity contribution in [2.75, 3.05) is 16.8 Å². The van der Waals surface area contributed by atoms with Crippen molar-refractivity contribution < 1.29 is 14.7 Å². The maximum absolute atomic E-state index is 12.5. The van der Waals surface area contributed by atoms with E-state index in [9.17, 15) is 14.7 Å². The molecule has 2 aromatic rings. The van der Waals surface area contributed by atoms with E-state index >= 15 is 0 Å². The van der Waals surface area contributed by atoms with Gasteiger partial charge in [-0.05, 0) is 36.8 Å². The third kappa shape index (κ3) is 2.94. The SMILES string of the molecule is Cc1cccc(NC(=O)C2=C(O)CN(c3ccccc3)C2=O)c1. The highest BCUT2D eigenvalue weighted by atomic mass is 16.3. The highest BCUT2D eigenvalue weighted by Gasteiger charge is 2.35. The standard InChI is InChI=1S/C18H16N2O3/c1-12-6-5-7-13(10-12)19-17(22)16-15(21)11-20(18(16)23)14-8-3-2-4-9-14/h2-10,21H,11H2,1H3,(H,19,22). The van der Waals surface area contributed by atoms with Gasteiger partial charge in [0, 0.05) is 11.4 Å². The van der Waals surface area contributed by atoms with Gasteiger partial charge in [0.05, 0.1) is 6.54 Å². The van der Waals surface area contributed by atoms with Gasteiger partial charge in [0.15, 0.2) is 0 Å². The number of carbonyl (C=O) groups excluding carboxylic acids is 2. The van der Waals surface area contributed by atoms with Crippen LogP contribution in [0.2, 0.25) is 0 Å². The van der Waals surface area contributed by atoms with Crippen molar-refractivity contribution in [2.24, 2.45) is 0 Å². The van der Waals surface area contributed by atoms with Crippen LogP contribution in [0.5, 0.6) is 0 Å². The van der Waals surface area contributed by atoms with Gasteiger partial charge in [0.25, 0.3) is 11.8 Å². The molecule has 0 bridgehead atoms. The quantitative estimate of drug-likeness (QED) is 0.857. The second-order valence-electron chi connectivity index (χ2n) is 5.37. The summed E-state index contributed by atoms with van der Waals surface area (Å²) < 4.78 is 0. The van der Waals surface area contributed by atoms with Crippen LogP contribution in [0.3, 0.4) is 0 Å². The van der Waals surface area contributed by atoms with E-state index in [4.69, 9.17) is 0 Å². The van der Waals surface area contributed by atoms with Crippen LogP contribution in [0.1, 0.15) is 5.56 Å². The Balaban J connectivity index is 1.81. The highest BCUT2D eigenvalue weighted by Crippen LogP contribution is 2.25. The minimum atomic E-state index is -0.600. The Hall–Kier alpha value is -3.08. The average molecular weight is 308 g/mol. The van der Waals surface area contributed by atoms with Crippen molar-refractivity contribution in [1.82, 2.24) is 0 Å². The second kappa shape index (κ2) is 5.96. The predicted molar refractivity (Wildman–Crippen MR) is 88.3 cm³/mol. The van der Waals surface area contributed by atoms with Gasteiger partial charge >= 0.3 is 0 Å². The Kier molecular flexibility index (Phi) is 3.85. The zero-order valence-electron chi connectivity index (χ0n) is 12.6. The minimum absolute atomic E-state index is 0.000578. The van der Waals surface area contributed by atoms with E-state index in [1.807, 2.05) is 25.1 Å². The summed E-state index contributed by atoms with van der Waals surface area (Å²) in [5.74, 6) is -1.32. The monoisotopic (exact) mass is 308 g/mol. The summed E-state index contributed by atoms with van der Waals surface area (Å²) >= 11 is 0. The number of benzene rings is 2. The minimum Gasteiger partial charge on any atom is -0.509 e. The van der Waals surface area contributed by atoms with E-state index < -0.39 is 11.8 Å². The molecule has 0 radical (unpaired) electrons. The van der Waals surface area contributed by atoms with Gasteiger partial charge in [0.1, 0.15) is 11.3 Å². The van der Waals surface area contributed by atoms with E-state index in [0.717, 1.165) is 5.56 Å². The number of aryl methyl sites for hydroxylation is 1. The lowest BCUT2D eigenvalue weighted by Gasteiger charge is -2.15. The smallest absolute Gasteiger partial charge is 0.267 e. The summed E-state index contributed by atoms with van der Waals surface area (Å²) in [7, 11) is 0. The van der Waals surface area contributed by atoms with Crippen molar-refractivity contribution in [1.29, 1.82) is 0 Å². The molecular weight excluding hydrogens is 292 g/mol. The van der Waals surface area contributed by atoms with Crippen molar-refractivity contribution >= 4 is 23.2 Å². The van der Waals surface area contributed by atoms with E-state index in [0.29, 0.717) is 11.4 Å². The van der Waals surface area contributed by atoms with Gasteiger partial charge in [0.2, 0.25) is 0 Å². The topological polar surface area (TPSA) is 69.6 Å². The van der Waals surface area contributed by atoms with Crippen LogP contribution < -0.4 is 10.2 Å².